The molecule has 226 valence electrons. The zero-order valence-electron chi connectivity index (χ0n) is 23.6. The van der Waals surface area contributed by atoms with Gasteiger partial charge in [0.2, 0.25) is 5.75 Å². The van der Waals surface area contributed by atoms with E-state index in [1.165, 1.54) is 51.0 Å². The Balaban J connectivity index is 1.57. The highest BCUT2D eigenvalue weighted by Gasteiger charge is 2.21. The van der Waals surface area contributed by atoms with Crippen LogP contribution >= 0.6 is 43.2 Å². The first-order chi connectivity index (χ1) is 21.2. The standard InChI is InChI=1S/C31H25Br2N3O7S/c1-40-25-13-19(14-26(41-2)28(25)42-3)31(39)43-27-20(12-21(32)15-23(27)33)17-34-36-30(38)24(16-22-10-7-11-44-22)35-29(37)18-8-5-4-6-9-18/h4-17H,1-3H3,(H,35,37)(H,36,38)/b24-16+,34-17-. The summed E-state index contributed by atoms with van der Waals surface area (Å²) in [5.74, 6) is -0.805. The number of carbonyl (C=O) groups excluding carboxylic acids is 3. The van der Waals surface area contributed by atoms with E-state index in [-0.39, 0.29) is 28.5 Å². The summed E-state index contributed by atoms with van der Waals surface area (Å²) in [6.45, 7) is 0. The monoisotopic (exact) mass is 741 g/mol. The molecule has 0 saturated heterocycles. The van der Waals surface area contributed by atoms with Gasteiger partial charge in [-0.05, 0) is 69.9 Å². The van der Waals surface area contributed by atoms with Gasteiger partial charge in [-0.1, -0.05) is 40.2 Å². The molecule has 0 atom stereocenters. The van der Waals surface area contributed by atoms with Crippen molar-refractivity contribution in [2.75, 3.05) is 21.3 Å². The van der Waals surface area contributed by atoms with Crippen LogP contribution in [0.3, 0.4) is 0 Å². The molecular weight excluding hydrogens is 718 g/mol. The van der Waals surface area contributed by atoms with Gasteiger partial charge in [-0.3, -0.25) is 9.59 Å². The number of hydrogen-bond donors (Lipinski definition) is 2. The van der Waals surface area contributed by atoms with Gasteiger partial charge in [-0.15, -0.1) is 11.3 Å². The summed E-state index contributed by atoms with van der Waals surface area (Å²) in [4.78, 5) is 39.9. The Hall–Kier alpha value is -4.46. The van der Waals surface area contributed by atoms with E-state index in [0.29, 0.717) is 25.8 Å². The number of amides is 2. The maximum absolute atomic E-state index is 13.2. The van der Waals surface area contributed by atoms with Crippen LogP contribution in [0.4, 0.5) is 0 Å². The zero-order valence-corrected chi connectivity index (χ0v) is 27.5. The SMILES string of the molecule is COc1cc(C(=O)Oc2c(Br)cc(Br)cc2/C=N\NC(=O)/C(=C\c2cccs2)NC(=O)c2ccccc2)cc(OC)c1OC. The Kier molecular flexibility index (Phi) is 11.3. The van der Waals surface area contributed by atoms with Crippen LogP contribution in [0.15, 0.2) is 91.9 Å². The van der Waals surface area contributed by atoms with Crippen LogP contribution in [0.25, 0.3) is 6.08 Å². The summed E-state index contributed by atoms with van der Waals surface area (Å²) >= 11 is 8.24. The zero-order chi connectivity index (χ0) is 31.6. The van der Waals surface area contributed by atoms with E-state index in [9.17, 15) is 14.4 Å². The molecule has 13 heteroatoms. The first-order valence-corrected chi connectivity index (χ1v) is 15.2. The van der Waals surface area contributed by atoms with Gasteiger partial charge >= 0.3 is 5.97 Å². The fraction of sp³-hybridized carbons (Fsp3) is 0.0968. The molecule has 0 aliphatic rings. The quantitative estimate of drug-likeness (QED) is 0.0596. The van der Waals surface area contributed by atoms with Crippen LogP contribution < -0.4 is 29.7 Å². The van der Waals surface area contributed by atoms with Crippen molar-refractivity contribution in [3.63, 3.8) is 0 Å². The third-order valence-electron chi connectivity index (χ3n) is 5.86. The molecule has 0 saturated carbocycles. The third kappa shape index (κ3) is 8.13. The smallest absolute Gasteiger partial charge is 0.343 e. The van der Waals surface area contributed by atoms with E-state index in [1.807, 2.05) is 17.5 Å². The number of methoxy groups -OCH3 is 3. The van der Waals surface area contributed by atoms with Crippen molar-refractivity contribution in [3.05, 3.63) is 108 Å². The Morgan fingerprint density at radius 1 is 0.841 bits per heavy atom. The molecule has 0 radical (unpaired) electrons. The molecule has 0 fully saturated rings. The lowest BCUT2D eigenvalue weighted by Gasteiger charge is -2.15. The summed E-state index contributed by atoms with van der Waals surface area (Å²) < 4.78 is 22.8. The highest BCUT2D eigenvalue weighted by atomic mass is 79.9. The van der Waals surface area contributed by atoms with Crippen molar-refractivity contribution >= 4 is 73.3 Å². The van der Waals surface area contributed by atoms with Gasteiger partial charge in [0, 0.05) is 20.5 Å². The number of nitrogens with one attached hydrogen (secondary N) is 2. The van der Waals surface area contributed by atoms with E-state index >= 15 is 0 Å². The van der Waals surface area contributed by atoms with Gasteiger partial charge in [-0.25, -0.2) is 10.2 Å². The molecule has 3 aromatic carbocycles. The normalized spacial score (nSPS) is 11.2. The number of carbonyl (C=O) groups is 3. The average Bonchev–Trinajstić information content (AvgIpc) is 3.54. The van der Waals surface area contributed by atoms with Crippen molar-refractivity contribution in [1.82, 2.24) is 10.7 Å². The van der Waals surface area contributed by atoms with Crippen molar-refractivity contribution in [3.8, 4) is 23.0 Å². The highest BCUT2D eigenvalue weighted by Crippen LogP contribution is 2.39. The van der Waals surface area contributed by atoms with Gasteiger partial charge in [-0.2, -0.15) is 5.10 Å². The number of ether oxygens (including phenoxy) is 4. The predicted octanol–water partition coefficient (Wildman–Crippen LogP) is 6.44. The fourth-order valence-electron chi connectivity index (χ4n) is 3.81. The molecule has 1 heterocycles. The molecule has 0 aliphatic carbocycles. The second kappa shape index (κ2) is 15.3. The van der Waals surface area contributed by atoms with E-state index < -0.39 is 17.8 Å². The molecule has 0 spiro atoms. The van der Waals surface area contributed by atoms with Crippen molar-refractivity contribution in [2.45, 2.75) is 0 Å². The third-order valence-corrected chi connectivity index (χ3v) is 7.73. The second-order valence-corrected chi connectivity index (χ2v) is 11.5. The number of halogens is 2. The van der Waals surface area contributed by atoms with Crippen molar-refractivity contribution in [1.29, 1.82) is 0 Å². The summed E-state index contributed by atoms with van der Waals surface area (Å²) in [5, 5.41) is 8.57. The molecule has 1 aromatic heterocycles. The molecule has 10 nitrogen and oxygen atoms in total. The first-order valence-electron chi connectivity index (χ1n) is 12.7. The van der Waals surface area contributed by atoms with Crippen LogP contribution in [-0.2, 0) is 4.79 Å². The lowest BCUT2D eigenvalue weighted by molar-refractivity contribution is -0.117. The molecule has 44 heavy (non-hydrogen) atoms. The van der Waals surface area contributed by atoms with Crippen molar-refractivity contribution in [2.24, 2.45) is 5.10 Å². The first kappa shape index (κ1) is 32.5. The topological polar surface area (TPSA) is 125 Å². The maximum atomic E-state index is 13.2. The summed E-state index contributed by atoms with van der Waals surface area (Å²) in [7, 11) is 4.34. The number of thiophene rings is 1. The molecular formula is C31H25Br2N3O7S. The maximum Gasteiger partial charge on any atom is 0.343 e. The number of hydrazone groups is 1. The minimum Gasteiger partial charge on any atom is -0.493 e. The van der Waals surface area contributed by atoms with Gasteiger partial charge in [0.25, 0.3) is 11.8 Å². The van der Waals surface area contributed by atoms with Gasteiger partial charge < -0.3 is 24.3 Å². The van der Waals surface area contributed by atoms with E-state index in [1.54, 1.807) is 48.5 Å². The molecule has 2 amide bonds. The van der Waals surface area contributed by atoms with Crippen LogP contribution in [-0.4, -0.2) is 45.3 Å². The molecule has 0 aliphatic heterocycles. The van der Waals surface area contributed by atoms with Crippen LogP contribution in [0.2, 0.25) is 0 Å². The van der Waals surface area contributed by atoms with Crippen LogP contribution in [0.5, 0.6) is 23.0 Å². The number of benzene rings is 3. The minimum atomic E-state index is -0.712. The summed E-state index contributed by atoms with van der Waals surface area (Å²) in [6.07, 6.45) is 2.86. The number of esters is 1. The Morgan fingerprint density at radius 3 is 2.16 bits per heavy atom. The molecule has 0 bridgehead atoms. The molecule has 4 rings (SSSR count). The lowest BCUT2D eigenvalue weighted by atomic mass is 10.1. The predicted molar refractivity (Wildman–Crippen MR) is 175 cm³/mol. The average molecular weight is 743 g/mol. The highest BCUT2D eigenvalue weighted by molar-refractivity contribution is 9.11. The van der Waals surface area contributed by atoms with Crippen LogP contribution in [0, 0.1) is 0 Å². The number of nitrogens with zero attached hydrogens (tertiary/aromatic N) is 1. The van der Waals surface area contributed by atoms with Gasteiger partial charge in [0.15, 0.2) is 17.2 Å². The molecule has 2 N–H and O–H groups in total. The van der Waals surface area contributed by atoms with Gasteiger partial charge in [0.05, 0.1) is 37.6 Å². The van der Waals surface area contributed by atoms with Crippen molar-refractivity contribution < 1.29 is 33.3 Å². The summed E-state index contributed by atoms with van der Waals surface area (Å²) in [5.41, 5.74) is 3.30. The van der Waals surface area contributed by atoms with Crippen LogP contribution in [0.1, 0.15) is 31.2 Å². The van der Waals surface area contributed by atoms with E-state index in [2.05, 4.69) is 47.7 Å². The number of hydrogen-bond acceptors (Lipinski definition) is 9. The summed E-state index contributed by atoms with van der Waals surface area (Å²) in [6, 6.07) is 18.4. The molecule has 0 unspecified atom stereocenters. The second-order valence-electron chi connectivity index (χ2n) is 8.70. The molecule has 4 aromatic rings. The van der Waals surface area contributed by atoms with Gasteiger partial charge in [0.1, 0.15) is 5.70 Å². The van der Waals surface area contributed by atoms with E-state index in [4.69, 9.17) is 18.9 Å². The fourth-order valence-corrected chi connectivity index (χ4v) is 5.81. The Labute approximate surface area is 273 Å². The number of rotatable bonds is 11. The Morgan fingerprint density at radius 2 is 1.55 bits per heavy atom. The van der Waals surface area contributed by atoms with E-state index in [0.717, 1.165) is 4.88 Å². The largest absolute Gasteiger partial charge is 0.493 e. The lowest BCUT2D eigenvalue weighted by Crippen LogP contribution is -2.32. The minimum absolute atomic E-state index is 0.0112. The Bertz CT molecular complexity index is 1700.